The van der Waals surface area contributed by atoms with Crippen LogP contribution >= 0.6 is 11.6 Å². The lowest BCUT2D eigenvalue weighted by atomic mass is 9.70. The summed E-state index contributed by atoms with van der Waals surface area (Å²) in [5.74, 6) is 0.215. The maximum Gasteiger partial charge on any atom is 0.408 e. The molecule has 0 aromatic carbocycles. The van der Waals surface area contributed by atoms with E-state index in [-0.39, 0.29) is 19.0 Å². The second kappa shape index (κ2) is 8.55. The molecule has 1 heterocycles. The van der Waals surface area contributed by atoms with Crippen LogP contribution in [0.3, 0.4) is 0 Å². The molecule has 0 bridgehead atoms. The number of carboxylic acid groups (broad SMARTS) is 1. The molecule has 1 aromatic rings. The van der Waals surface area contributed by atoms with Crippen LogP contribution in [0.2, 0.25) is 25.7 Å². The van der Waals surface area contributed by atoms with Crippen molar-refractivity contribution in [1.29, 1.82) is 0 Å². The molecule has 25 heavy (non-hydrogen) atoms. The molecule has 0 fully saturated rings. The summed E-state index contributed by atoms with van der Waals surface area (Å²) in [6, 6.07) is 1.03. The van der Waals surface area contributed by atoms with Gasteiger partial charge in [-0.05, 0) is 11.5 Å². The minimum absolute atomic E-state index is 0.213. The Bertz CT molecular complexity index is 540. The van der Waals surface area contributed by atoms with Crippen LogP contribution in [0, 0.1) is 5.41 Å². The third-order valence-electron chi connectivity index (χ3n) is 4.49. The Morgan fingerprint density at radius 1 is 1.40 bits per heavy atom. The van der Waals surface area contributed by atoms with Crippen LogP contribution in [0.5, 0.6) is 0 Å². The van der Waals surface area contributed by atoms with Gasteiger partial charge in [-0.25, -0.2) is 9.78 Å². The molecule has 1 amide bonds. The fourth-order valence-corrected chi connectivity index (χ4v) is 3.87. The Kier molecular flexibility index (Phi) is 7.52. The first-order chi connectivity index (χ1) is 11.5. The summed E-state index contributed by atoms with van der Waals surface area (Å²) in [5, 5.41) is 9.87. The van der Waals surface area contributed by atoms with Gasteiger partial charge in [0.05, 0.1) is 24.8 Å². The Balaban J connectivity index is 3.25. The number of aromatic amines is 1. The van der Waals surface area contributed by atoms with Crippen molar-refractivity contribution in [2.75, 3.05) is 25.6 Å². The first kappa shape index (κ1) is 22.0. The first-order valence-corrected chi connectivity index (χ1v) is 12.8. The van der Waals surface area contributed by atoms with Gasteiger partial charge in [0.15, 0.2) is 0 Å². The summed E-state index contributed by atoms with van der Waals surface area (Å²) in [4.78, 5) is 20.7. The van der Waals surface area contributed by atoms with E-state index in [2.05, 4.69) is 29.6 Å². The molecule has 0 aliphatic heterocycles. The molecule has 8 heteroatoms. The number of aromatic nitrogens is 2. The van der Waals surface area contributed by atoms with Crippen LogP contribution in [0.15, 0.2) is 12.5 Å². The van der Waals surface area contributed by atoms with E-state index in [9.17, 15) is 9.90 Å². The van der Waals surface area contributed by atoms with E-state index in [4.69, 9.17) is 16.3 Å². The second-order valence-corrected chi connectivity index (χ2v) is 14.6. The lowest BCUT2D eigenvalue weighted by Gasteiger charge is -2.50. The predicted octanol–water partition coefficient (Wildman–Crippen LogP) is 4.22. The first-order valence-electron chi connectivity index (χ1n) is 8.59. The number of rotatable bonds is 9. The van der Waals surface area contributed by atoms with E-state index in [1.54, 1.807) is 12.5 Å². The van der Waals surface area contributed by atoms with Gasteiger partial charge in [0.1, 0.15) is 5.54 Å². The number of nitrogens with one attached hydrogen (secondary N) is 1. The predicted molar refractivity (Wildman–Crippen MR) is 104 cm³/mol. The summed E-state index contributed by atoms with van der Waals surface area (Å²) >= 11 is 5.91. The number of nitrogens with zero attached hydrogens (tertiary/aromatic N) is 2. The Labute approximate surface area is 156 Å². The maximum absolute atomic E-state index is 12.1. The molecular weight excluding hydrogens is 358 g/mol. The molecule has 1 atom stereocenters. The SMILES string of the molecule is CC(C)(C)C(COCC[Si](C)(C)C)(c1cnc[nH]1)N(CCCl)C(=O)O. The highest BCUT2D eigenvalue weighted by Gasteiger charge is 2.51. The highest BCUT2D eigenvalue weighted by Crippen LogP contribution is 2.44. The van der Waals surface area contributed by atoms with Gasteiger partial charge < -0.3 is 14.8 Å². The zero-order valence-corrected chi connectivity index (χ0v) is 18.0. The fourth-order valence-electron chi connectivity index (χ4n) is 2.94. The van der Waals surface area contributed by atoms with E-state index in [1.807, 2.05) is 20.8 Å². The molecule has 0 spiro atoms. The summed E-state index contributed by atoms with van der Waals surface area (Å²) < 4.78 is 6.04. The van der Waals surface area contributed by atoms with Crippen LogP contribution in [-0.4, -0.2) is 59.8 Å². The van der Waals surface area contributed by atoms with Crippen LogP contribution in [-0.2, 0) is 10.3 Å². The van der Waals surface area contributed by atoms with Crippen LogP contribution in [0.4, 0.5) is 4.79 Å². The Morgan fingerprint density at radius 3 is 2.44 bits per heavy atom. The standard InChI is InChI=1S/C17H32ClN3O3Si/c1-16(2,3)17(14-11-19-13-20-14,21(8-7-18)15(22)23)12-24-9-10-25(4,5)6/h11,13H,7-10,12H2,1-6H3,(H,19,20)(H,22,23). The largest absolute Gasteiger partial charge is 0.465 e. The van der Waals surface area contributed by atoms with Gasteiger partial charge >= 0.3 is 6.09 Å². The van der Waals surface area contributed by atoms with Crippen molar-refractivity contribution in [3.8, 4) is 0 Å². The fraction of sp³-hybridized carbons (Fsp3) is 0.765. The van der Waals surface area contributed by atoms with Crippen LogP contribution < -0.4 is 0 Å². The van der Waals surface area contributed by atoms with E-state index < -0.39 is 25.1 Å². The zero-order valence-electron chi connectivity index (χ0n) is 16.2. The number of carbonyl (C=O) groups is 1. The van der Waals surface area contributed by atoms with Crippen LogP contribution in [0.1, 0.15) is 26.5 Å². The molecule has 2 N–H and O–H groups in total. The minimum Gasteiger partial charge on any atom is -0.465 e. The summed E-state index contributed by atoms with van der Waals surface area (Å²) in [5.41, 5.74) is -0.604. The Hall–Kier alpha value is -1.05. The van der Waals surface area contributed by atoms with E-state index in [0.29, 0.717) is 6.61 Å². The van der Waals surface area contributed by atoms with Crippen molar-refractivity contribution < 1.29 is 14.6 Å². The molecule has 1 aromatic heterocycles. The average molecular weight is 390 g/mol. The molecule has 0 saturated carbocycles. The summed E-state index contributed by atoms with van der Waals surface area (Å²) in [6.45, 7) is 14.0. The molecular formula is C17H32ClN3O3Si. The molecule has 1 unspecified atom stereocenters. The number of alkyl halides is 1. The van der Waals surface area contributed by atoms with Gasteiger partial charge in [-0.3, -0.25) is 4.90 Å². The molecule has 0 aliphatic carbocycles. The van der Waals surface area contributed by atoms with Crippen molar-refractivity contribution in [2.24, 2.45) is 5.41 Å². The highest BCUT2D eigenvalue weighted by molar-refractivity contribution is 6.76. The number of hydrogen-bond acceptors (Lipinski definition) is 3. The van der Waals surface area contributed by atoms with E-state index >= 15 is 0 Å². The average Bonchev–Trinajstić information content (AvgIpc) is 2.97. The smallest absolute Gasteiger partial charge is 0.408 e. The van der Waals surface area contributed by atoms with Gasteiger partial charge in [0, 0.05) is 27.1 Å². The molecule has 0 aliphatic rings. The number of ether oxygens (including phenoxy) is 1. The monoisotopic (exact) mass is 389 g/mol. The summed E-state index contributed by atoms with van der Waals surface area (Å²) in [6.07, 6.45) is 2.23. The van der Waals surface area contributed by atoms with Crippen molar-refractivity contribution in [2.45, 2.75) is 52.0 Å². The number of imidazole rings is 1. The summed E-state index contributed by atoms with van der Waals surface area (Å²) in [7, 11) is -1.23. The maximum atomic E-state index is 12.1. The number of H-pyrrole nitrogens is 1. The third-order valence-corrected chi connectivity index (χ3v) is 6.36. The normalized spacial score (nSPS) is 15.0. The van der Waals surface area contributed by atoms with Gasteiger partial charge in [0.2, 0.25) is 0 Å². The third kappa shape index (κ3) is 5.46. The minimum atomic E-state index is -1.23. The lowest BCUT2D eigenvalue weighted by molar-refractivity contribution is -0.0633. The van der Waals surface area contributed by atoms with E-state index in [1.165, 1.54) is 4.90 Å². The van der Waals surface area contributed by atoms with Gasteiger partial charge in [-0.1, -0.05) is 40.4 Å². The molecule has 144 valence electrons. The zero-order chi connectivity index (χ0) is 19.3. The molecule has 1 rings (SSSR count). The number of amides is 1. The van der Waals surface area contributed by atoms with E-state index in [0.717, 1.165) is 11.7 Å². The molecule has 6 nitrogen and oxygen atoms in total. The lowest BCUT2D eigenvalue weighted by Crippen LogP contribution is -2.60. The van der Waals surface area contributed by atoms with Gasteiger partial charge in [-0.15, -0.1) is 11.6 Å². The number of halogens is 1. The topological polar surface area (TPSA) is 78.5 Å². The van der Waals surface area contributed by atoms with Crippen molar-refractivity contribution in [3.05, 3.63) is 18.2 Å². The van der Waals surface area contributed by atoms with Crippen LogP contribution in [0.25, 0.3) is 0 Å². The quantitative estimate of drug-likeness (QED) is 0.376. The van der Waals surface area contributed by atoms with Crippen molar-refractivity contribution in [1.82, 2.24) is 14.9 Å². The van der Waals surface area contributed by atoms with Gasteiger partial charge in [0.25, 0.3) is 0 Å². The van der Waals surface area contributed by atoms with Crippen molar-refractivity contribution in [3.63, 3.8) is 0 Å². The Morgan fingerprint density at radius 2 is 2.04 bits per heavy atom. The van der Waals surface area contributed by atoms with Crippen molar-refractivity contribution >= 4 is 25.8 Å². The number of hydrogen-bond donors (Lipinski definition) is 2. The van der Waals surface area contributed by atoms with Gasteiger partial charge in [-0.2, -0.15) is 0 Å². The molecule has 0 radical (unpaired) electrons. The highest BCUT2D eigenvalue weighted by atomic mass is 35.5. The molecule has 0 saturated heterocycles. The second-order valence-electron chi connectivity index (χ2n) is 8.56.